The summed E-state index contributed by atoms with van der Waals surface area (Å²) in [5, 5.41) is 2.70. The Balaban J connectivity index is 1.63. The van der Waals surface area contributed by atoms with E-state index in [1.54, 1.807) is 24.0 Å². The van der Waals surface area contributed by atoms with Gasteiger partial charge in [0.15, 0.2) is 5.82 Å². The van der Waals surface area contributed by atoms with Crippen molar-refractivity contribution in [2.24, 2.45) is 0 Å². The molecule has 4 rings (SSSR count). The van der Waals surface area contributed by atoms with E-state index in [0.29, 0.717) is 17.8 Å². The molecule has 0 spiro atoms. The van der Waals surface area contributed by atoms with Crippen LogP contribution in [0.25, 0.3) is 10.4 Å². The van der Waals surface area contributed by atoms with Crippen LogP contribution < -0.4 is 15.0 Å². The van der Waals surface area contributed by atoms with E-state index in [1.807, 2.05) is 6.07 Å². The third-order valence-electron chi connectivity index (χ3n) is 4.56. The molecule has 1 aromatic carbocycles. The Labute approximate surface area is 168 Å². The number of aromatic nitrogens is 2. The lowest BCUT2D eigenvalue weighted by Gasteiger charge is -2.20. The fraction of sp³-hybridized carbons (Fsp3) is 0.211. The predicted octanol–water partition coefficient (Wildman–Crippen LogP) is 4.83. The van der Waals surface area contributed by atoms with Crippen molar-refractivity contribution in [2.75, 3.05) is 23.9 Å². The van der Waals surface area contributed by atoms with Crippen molar-refractivity contribution in [3.63, 3.8) is 0 Å². The van der Waals surface area contributed by atoms with Crippen LogP contribution in [-0.4, -0.2) is 29.7 Å². The van der Waals surface area contributed by atoms with Gasteiger partial charge >= 0.3 is 12.2 Å². The van der Waals surface area contributed by atoms with Gasteiger partial charge in [-0.1, -0.05) is 6.07 Å². The normalized spacial score (nSPS) is 13.3. The van der Waals surface area contributed by atoms with Gasteiger partial charge in [0.25, 0.3) is 0 Å². The number of hydrogen-bond donors (Lipinski definition) is 1. The van der Waals surface area contributed by atoms with Crippen molar-refractivity contribution in [2.45, 2.75) is 12.6 Å². The fourth-order valence-corrected chi connectivity index (χ4v) is 3.96. The highest BCUT2D eigenvalue weighted by atomic mass is 32.1. The van der Waals surface area contributed by atoms with E-state index in [1.165, 1.54) is 29.4 Å². The van der Waals surface area contributed by atoms with Crippen molar-refractivity contribution in [3.05, 3.63) is 53.3 Å². The van der Waals surface area contributed by atoms with E-state index in [0.717, 1.165) is 16.5 Å². The summed E-state index contributed by atoms with van der Waals surface area (Å²) in [6.07, 6.45) is -0.871. The molecule has 29 heavy (non-hydrogen) atoms. The zero-order valence-corrected chi connectivity index (χ0v) is 16.0. The van der Waals surface area contributed by atoms with E-state index in [2.05, 4.69) is 15.3 Å². The van der Waals surface area contributed by atoms with Crippen molar-refractivity contribution in [1.82, 2.24) is 9.97 Å². The highest BCUT2D eigenvalue weighted by Gasteiger charge is 2.37. The van der Waals surface area contributed by atoms with Gasteiger partial charge in [0.2, 0.25) is 0 Å². The second-order valence-corrected chi connectivity index (χ2v) is 7.14. The molecule has 3 heterocycles. The molecule has 0 radical (unpaired) electrons. The molecule has 0 saturated carbocycles. The molecule has 0 fully saturated rings. The molecule has 0 unspecified atom stereocenters. The highest BCUT2D eigenvalue weighted by molar-refractivity contribution is 7.13. The monoisotopic (exact) mass is 420 g/mol. The summed E-state index contributed by atoms with van der Waals surface area (Å²) in [6.45, 7) is 0.262. The number of hydrogen-bond acceptors (Lipinski definition) is 5. The van der Waals surface area contributed by atoms with Crippen LogP contribution in [0.15, 0.2) is 42.2 Å². The maximum Gasteiger partial charge on any atom is 0.420 e. The summed E-state index contributed by atoms with van der Waals surface area (Å²) in [5.74, 6) is 0.0860. The average Bonchev–Trinajstić information content (AvgIpc) is 3.33. The van der Waals surface area contributed by atoms with Gasteiger partial charge in [-0.2, -0.15) is 13.2 Å². The van der Waals surface area contributed by atoms with Crippen molar-refractivity contribution >= 4 is 28.9 Å². The fourth-order valence-electron chi connectivity index (χ4n) is 3.22. The molecule has 1 aliphatic heterocycles. The molecule has 150 valence electrons. The number of carbonyl (C=O) groups is 1. The number of amides is 2. The maximum absolute atomic E-state index is 13.4. The molecule has 2 amide bonds. The maximum atomic E-state index is 13.4. The number of alkyl halides is 3. The molecule has 1 N–H and O–H groups in total. The minimum atomic E-state index is -4.59. The first-order chi connectivity index (χ1) is 13.9. The van der Waals surface area contributed by atoms with Crippen LogP contribution >= 0.6 is 11.3 Å². The number of nitrogens with one attached hydrogen (secondary N) is 1. The average molecular weight is 420 g/mol. The van der Waals surface area contributed by atoms with Crippen LogP contribution in [0.5, 0.6) is 5.75 Å². The smallest absolute Gasteiger partial charge is 0.420 e. The number of pyridine rings is 1. The lowest BCUT2D eigenvalue weighted by atomic mass is 10.1. The summed E-state index contributed by atoms with van der Waals surface area (Å²) in [6, 6.07) is 5.37. The SMILES string of the molecule is COc1cc2c(cc1C(F)(F)F)N(C(=O)Nc1ncsc1-c1cccnc1)CC2. The summed E-state index contributed by atoms with van der Waals surface area (Å²) in [4.78, 5) is 23.1. The Hall–Kier alpha value is -3.14. The van der Waals surface area contributed by atoms with Gasteiger partial charge in [-0.15, -0.1) is 11.3 Å². The standard InChI is InChI=1S/C19H15F3N4O2S/c1-28-15-7-11-4-6-26(14(11)8-13(15)19(20,21)22)18(27)25-17-16(29-10-24-17)12-3-2-5-23-9-12/h2-3,5,7-10H,4,6H2,1H3,(H,25,27). The van der Waals surface area contributed by atoms with Crippen LogP contribution in [0, 0.1) is 0 Å². The number of benzene rings is 1. The van der Waals surface area contributed by atoms with E-state index in [-0.39, 0.29) is 18.0 Å². The molecule has 0 aliphatic carbocycles. The van der Waals surface area contributed by atoms with Crippen molar-refractivity contribution in [3.8, 4) is 16.2 Å². The van der Waals surface area contributed by atoms with Crippen LogP contribution in [-0.2, 0) is 12.6 Å². The number of urea groups is 1. The molecular formula is C19H15F3N4O2S. The molecule has 1 aliphatic rings. The van der Waals surface area contributed by atoms with E-state index in [4.69, 9.17) is 4.74 Å². The van der Waals surface area contributed by atoms with E-state index < -0.39 is 17.8 Å². The number of rotatable bonds is 3. The Morgan fingerprint density at radius 2 is 2.17 bits per heavy atom. The number of thiazole rings is 1. The Morgan fingerprint density at radius 1 is 1.34 bits per heavy atom. The third-order valence-corrected chi connectivity index (χ3v) is 5.44. The zero-order valence-electron chi connectivity index (χ0n) is 15.2. The molecule has 2 aromatic heterocycles. The molecule has 0 atom stereocenters. The molecular weight excluding hydrogens is 405 g/mol. The van der Waals surface area contributed by atoms with E-state index >= 15 is 0 Å². The van der Waals surface area contributed by atoms with Crippen LogP contribution in [0.1, 0.15) is 11.1 Å². The first-order valence-corrected chi connectivity index (χ1v) is 9.47. The third kappa shape index (κ3) is 3.63. The van der Waals surface area contributed by atoms with Gasteiger partial charge in [-0.25, -0.2) is 9.78 Å². The van der Waals surface area contributed by atoms with Crippen LogP contribution in [0.4, 0.5) is 29.5 Å². The van der Waals surface area contributed by atoms with Gasteiger partial charge < -0.3 is 4.74 Å². The second kappa shape index (κ2) is 7.36. The molecule has 0 saturated heterocycles. The summed E-state index contributed by atoms with van der Waals surface area (Å²) in [7, 11) is 1.19. The zero-order chi connectivity index (χ0) is 20.6. The largest absolute Gasteiger partial charge is 0.496 e. The van der Waals surface area contributed by atoms with Gasteiger partial charge in [0, 0.05) is 30.2 Å². The number of nitrogens with zero attached hydrogens (tertiary/aromatic N) is 3. The molecule has 10 heteroatoms. The molecule has 3 aromatic rings. The van der Waals surface area contributed by atoms with Gasteiger partial charge in [0.05, 0.1) is 23.1 Å². The number of halogens is 3. The Bertz CT molecular complexity index is 1050. The number of ether oxygens (including phenoxy) is 1. The first kappa shape index (κ1) is 19.2. The quantitative estimate of drug-likeness (QED) is 0.659. The molecule has 0 bridgehead atoms. The Morgan fingerprint density at radius 3 is 2.86 bits per heavy atom. The number of methoxy groups -OCH3 is 1. The van der Waals surface area contributed by atoms with Crippen LogP contribution in [0.2, 0.25) is 0 Å². The van der Waals surface area contributed by atoms with Gasteiger partial charge in [-0.05, 0) is 30.2 Å². The second-order valence-electron chi connectivity index (χ2n) is 6.28. The van der Waals surface area contributed by atoms with Gasteiger partial charge in [-0.3, -0.25) is 15.2 Å². The van der Waals surface area contributed by atoms with Crippen molar-refractivity contribution in [1.29, 1.82) is 0 Å². The van der Waals surface area contributed by atoms with E-state index in [9.17, 15) is 18.0 Å². The number of fused-ring (bicyclic) bond motifs is 1. The Kier molecular flexibility index (Phi) is 4.87. The molecule has 6 nitrogen and oxygen atoms in total. The number of anilines is 2. The summed E-state index contributed by atoms with van der Waals surface area (Å²) >= 11 is 1.33. The lowest BCUT2D eigenvalue weighted by molar-refractivity contribution is -0.138. The minimum absolute atomic E-state index is 0.216. The van der Waals surface area contributed by atoms with Gasteiger partial charge in [0.1, 0.15) is 5.75 Å². The summed E-state index contributed by atoms with van der Waals surface area (Å²) < 4.78 is 45.0. The van der Waals surface area contributed by atoms with Crippen LogP contribution in [0.3, 0.4) is 0 Å². The van der Waals surface area contributed by atoms with Crippen molar-refractivity contribution < 1.29 is 22.7 Å². The minimum Gasteiger partial charge on any atom is -0.496 e. The topological polar surface area (TPSA) is 67.3 Å². The number of carbonyl (C=O) groups excluding carboxylic acids is 1. The first-order valence-electron chi connectivity index (χ1n) is 8.59. The lowest BCUT2D eigenvalue weighted by Crippen LogP contribution is -2.33. The summed E-state index contributed by atoms with van der Waals surface area (Å²) in [5.41, 5.74) is 2.30. The predicted molar refractivity (Wildman–Crippen MR) is 103 cm³/mol. The highest BCUT2D eigenvalue weighted by Crippen LogP contribution is 2.42.